The van der Waals surface area contributed by atoms with Crippen LogP contribution < -0.4 is 11.1 Å². The predicted octanol–water partition coefficient (Wildman–Crippen LogP) is 0.849. The van der Waals surface area contributed by atoms with Gasteiger partial charge >= 0.3 is 6.09 Å². The molecule has 1 saturated heterocycles. The number of hydrogen-bond acceptors (Lipinski definition) is 4. The van der Waals surface area contributed by atoms with Crippen LogP contribution in [-0.4, -0.2) is 47.7 Å². The second-order valence-corrected chi connectivity index (χ2v) is 6.00. The number of ether oxygens (including phenoxy) is 1. The summed E-state index contributed by atoms with van der Waals surface area (Å²) >= 11 is 0. The fraction of sp³-hybridized carbons (Fsp3) is 0.846. The van der Waals surface area contributed by atoms with Gasteiger partial charge < -0.3 is 20.7 Å². The largest absolute Gasteiger partial charge is 0.444 e. The highest BCUT2D eigenvalue weighted by Crippen LogP contribution is 2.20. The lowest BCUT2D eigenvalue weighted by atomic mass is 10.2. The minimum Gasteiger partial charge on any atom is -0.444 e. The first kappa shape index (κ1) is 15.8. The molecule has 0 spiro atoms. The van der Waals surface area contributed by atoms with Crippen molar-refractivity contribution in [2.45, 2.75) is 58.2 Å². The van der Waals surface area contributed by atoms with Gasteiger partial charge in [0.1, 0.15) is 5.60 Å². The van der Waals surface area contributed by atoms with E-state index in [1.807, 2.05) is 20.8 Å². The van der Waals surface area contributed by atoms with Crippen molar-refractivity contribution in [3.8, 4) is 0 Å². The maximum absolute atomic E-state index is 12.0. The van der Waals surface area contributed by atoms with E-state index in [1.165, 1.54) is 0 Å². The fourth-order valence-electron chi connectivity index (χ4n) is 1.99. The number of nitrogens with two attached hydrogens (primary N) is 1. The van der Waals surface area contributed by atoms with Gasteiger partial charge in [0.05, 0.1) is 12.1 Å². The van der Waals surface area contributed by atoms with Gasteiger partial charge in [-0.2, -0.15) is 0 Å². The van der Waals surface area contributed by atoms with E-state index < -0.39 is 11.6 Å². The zero-order valence-electron chi connectivity index (χ0n) is 12.2. The van der Waals surface area contributed by atoms with E-state index in [1.54, 1.807) is 11.8 Å². The van der Waals surface area contributed by atoms with Gasteiger partial charge in [0.2, 0.25) is 5.91 Å². The van der Waals surface area contributed by atoms with Crippen molar-refractivity contribution in [2.24, 2.45) is 5.73 Å². The van der Waals surface area contributed by atoms with E-state index >= 15 is 0 Å². The SMILES string of the molecule is C[C@H](N)C(=O)NCC1CCCN1C(=O)OC(C)(C)C. The molecule has 0 radical (unpaired) electrons. The topological polar surface area (TPSA) is 84.7 Å². The number of nitrogens with zero attached hydrogens (tertiary/aromatic N) is 1. The molecule has 1 rings (SSSR count). The number of nitrogens with one attached hydrogen (secondary N) is 1. The summed E-state index contributed by atoms with van der Waals surface area (Å²) in [6.07, 6.45) is 1.49. The summed E-state index contributed by atoms with van der Waals surface area (Å²) in [5.41, 5.74) is 4.98. The van der Waals surface area contributed by atoms with Crippen molar-refractivity contribution < 1.29 is 14.3 Å². The predicted molar refractivity (Wildman–Crippen MR) is 72.6 cm³/mol. The second kappa shape index (κ2) is 6.23. The summed E-state index contributed by atoms with van der Waals surface area (Å²) in [4.78, 5) is 25.1. The van der Waals surface area contributed by atoms with Crippen LogP contribution in [0.1, 0.15) is 40.5 Å². The van der Waals surface area contributed by atoms with Crippen molar-refractivity contribution in [3.63, 3.8) is 0 Å². The molecule has 0 aromatic carbocycles. The van der Waals surface area contributed by atoms with Crippen LogP contribution in [-0.2, 0) is 9.53 Å². The summed E-state index contributed by atoms with van der Waals surface area (Å²) in [5.74, 6) is -0.198. The maximum atomic E-state index is 12.0. The zero-order valence-corrected chi connectivity index (χ0v) is 12.2. The third-order valence-electron chi connectivity index (χ3n) is 2.93. The Balaban J connectivity index is 2.50. The Kier molecular flexibility index (Phi) is 5.17. The minimum atomic E-state index is -0.531. The van der Waals surface area contributed by atoms with Crippen LogP contribution in [0.5, 0.6) is 0 Å². The van der Waals surface area contributed by atoms with Crippen LogP contribution in [0.15, 0.2) is 0 Å². The Bertz CT molecular complexity index is 337. The van der Waals surface area contributed by atoms with Gasteiger partial charge in [-0.05, 0) is 40.5 Å². The first-order valence-electron chi connectivity index (χ1n) is 6.73. The van der Waals surface area contributed by atoms with Crippen LogP contribution in [0.2, 0.25) is 0 Å². The standard InChI is InChI=1S/C13H25N3O3/c1-9(14)11(17)15-8-10-6-5-7-16(10)12(18)19-13(2,3)4/h9-10H,5-8,14H2,1-4H3,(H,15,17)/t9-,10?/m0/s1. The molecule has 1 unspecified atom stereocenters. The van der Waals surface area contributed by atoms with Gasteiger partial charge in [-0.3, -0.25) is 4.79 Å². The maximum Gasteiger partial charge on any atom is 0.410 e. The van der Waals surface area contributed by atoms with Crippen molar-refractivity contribution in [2.75, 3.05) is 13.1 Å². The summed E-state index contributed by atoms with van der Waals surface area (Å²) in [5, 5.41) is 2.76. The third-order valence-corrected chi connectivity index (χ3v) is 2.93. The smallest absolute Gasteiger partial charge is 0.410 e. The molecular weight excluding hydrogens is 246 g/mol. The number of carbonyl (C=O) groups is 2. The fourth-order valence-corrected chi connectivity index (χ4v) is 1.99. The number of amides is 2. The number of likely N-dealkylation sites (tertiary alicyclic amines) is 1. The van der Waals surface area contributed by atoms with Crippen molar-refractivity contribution in [1.82, 2.24) is 10.2 Å². The van der Waals surface area contributed by atoms with Gasteiger partial charge in [-0.1, -0.05) is 0 Å². The lowest BCUT2D eigenvalue weighted by molar-refractivity contribution is -0.122. The van der Waals surface area contributed by atoms with E-state index in [-0.39, 0.29) is 18.0 Å². The van der Waals surface area contributed by atoms with Gasteiger partial charge in [0, 0.05) is 13.1 Å². The molecule has 110 valence electrons. The average Bonchev–Trinajstić information content (AvgIpc) is 2.71. The second-order valence-electron chi connectivity index (χ2n) is 6.00. The Labute approximate surface area is 114 Å². The van der Waals surface area contributed by atoms with Crippen molar-refractivity contribution in [1.29, 1.82) is 0 Å². The summed E-state index contributed by atoms with van der Waals surface area (Å²) in [6.45, 7) is 8.26. The van der Waals surface area contributed by atoms with Gasteiger partial charge in [0.15, 0.2) is 0 Å². The first-order valence-corrected chi connectivity index (χ1v) is 6.73. The van der Waals surface area contributed by atoms with E-state index in [9.17, 15) is 9.59 Å². The van der Waals surface area contributed by atoms with Gasteiger partial charge in [-0.15, -0.1) is 0 Å². The van der Waals surface area contributed by atoms with Crippen molar-refractivity contribution in [3.05, 3.63) is 0 Å². The molecule has 2 atom stereocenters. The molecule has 6 heteroatoms. The summed E-state index contributed by atoms with van der Waals surface area (Å²) < 4.78 is 5.36. The van der Waals surface area contributed by atoms with E-state index in [0.29, 0.717) is 13.1 Å². The molecule has 0 bridgehead atoms. The van der Waals surface area contributed by atoms with Crippen LogP contribution in [0.4, 0.5) is 4.79 Å². The molecule has 1 aliphatic rings. The highest BCUT2D eigenvalue weighted by molar-refractivity contribution is 5.81. The van der Waals surface area contributed by atoms with Crippen LogP contribution in [0.25, 0.3) is 0 Å². The summed E-state index contributed by atoms with van der Waals surface area (Å²) in [6, 6.07) is -0.533. The van der Waals surface area contributed by atoms with Crippen LogP contribution in [0, 0.1) is 0 Å². The van der Waals surface area contributed by atoms with E-state index in [2.05, 4.69) is 5.32 Å². The zero-order chi connectivity index (χ0) is 14.6. The molecule has 0 aliphatic carbocycles. The highest BCUT2D eigenvalue weighted by atomic mass is 16.6. The molecule has 0 saturated carbocycles. The molecule has 1 aliphatic heterocycles. The van der Waals surface area contributed by atoms with E-state index in [0.717, 1.165) is 12.8 Å². The average molecular weight is 271 g/mol. The normalized spacial score (nSPS) is 21.1. The quantitative estimate of drug-likeness (QED) is 0.797. The first-order chi connectivity index (χ1) is 8.70. The van der Waals surface area contributed by atoms with Crippen LogP contribution >= 0.6 is 0 Å². The van der Waals surface area contributed by atoms with E-state index in [4.69, 9.17) is 10.5 Å². The molecule has 6 nitrogen and oxygen atoms in total. The summed E-state index contributed by atoms with van der Waals surface area (Å²) in [7, 11) is 0. The molecule has 1 heterocycles. The molecule has 19 heavy (non-hydrogen) atoms. The lowest BCUT2D eigenvalue weighted by Crippen LogP contribution is -2.47. The Morgan fingerprint density at radius 2 is 2.11 bits per heavy atom. The molecule has 3 N–H and O–H groups in total. The Hall–Kier alpha value is -1.30. The minimum absolute atomic E-state index is 0.00227. The molecule has 1 fully saturated rings. The number of hydrogen-bond donors (Lipinski definition) is 2. The number of carbonyl (C=O) groups excluding carboxylic acids is 2. The Morgan fingerprint density at radius 1 is 1.47 bits per heavy atom. The van der Waals surface area contributed by atoms with Gasteiger partial charge in [0.25, 0.3) is 0 Å². The molecule has 0 aromatic rings. The monoisotopic (exact) mass is 271 g/mol. The Morgan fingerprint density at radius 3 is 2.63 bits per heavy atom. The van der Waals surface area contributed by atoms with Crippen LogP contribution in [0.3, 0.4) is 0 Å². The molecule has 2 amide bonds. The number of rotatable bonds is 3. The van der Waals surface area contributed by atoms with Gasteiger partial charge in [-0.25, -0.2) is 4.79 Å². The molecular formula is C13H25N3O3. The highest BCUT2D eigenvalue weighted by Gasteiger charge is 2.32. The molecule has 0 aromatic heterocycles. The third kappa shape index (κ3) is 5.06. The van der Waals surface area contributed by atoms with Crippen molar-refractivity contribution >= 4 is 12.0 Å². The lowest BCUT2D eigenvalue weighted by Gasteiger charge is -2.28.